The Morgan fingerprint density at radius 1 is 1.18 bits per heavy atom. The Morgan fingerprint density at radius 2 is 1.94 bits per heavy atom. The van der Waals surface area contributed by atoms with Gasteiger partial charge in [-0.1, -0.05) is 32.1 Å². The highest BCUT2D eigenvalue weighted by atomic mass is 16.5. The summed E-state index contributed by atoms with van der Waals surface area (Å²) < 4.78 is 10.8. The third kappa shape index (κ3) is 4.44. The molecule has 0 saturated carbocycles. The second-order valence-electron chi connectivity index (χ2n) is 9.43. The smallest absolute Gasteiger partial charge is 0.254 e. The van der Waals surface area contributed by atoms with Crippen LogP contribution in [0.15, 0.2) is 53.2 Å². The molecule has 1 aromatic heterocycles. The Morgan fingerprint density at radius 3 is 2.65 bits per heavy atom. The summed E-state index contributed by atoms with van der Waals surface area (Å²) in [6.45, 7) is 7.85. The first-order valence-electron chi connectivity index (χ1n) is 12.1. The molecule has 2 aromatic rings. The van der Waals surface area contributed by atoms with Crippen LogP contribution in [0.25, 0.3) is 0 Å². The van der Waals surface area contributed by atoms with Gasteiger partial charge in [0, 0.05) is 25.1 Å². The maximum Gasteiger partial charge on any atom is 0.254 e. The van der Waals surface area contributed by atoms with Gasteiger partial charge >= 0.3 is 0 Å². The molecule has 2 bridgehead atoms. The standard InChI is InChI=1S/C27H32N4O3/c1-18(2)23-9-6-20-14-24(29-23)26-25(15-21(16-28-26)30-10-12-34-13-11-30)31(27(20)32)17-19-4-7-22(33-3)8-5-19/h4-8,15-16,18,23H,9-14,17H2,1-3H3. The van der Waals surface area contributed by atoms with Crippen LogP contribution in [-0.2, 0) is 16.1 Å². The molecule has 4 heterocycles. The number of hydrogen-bond acceptors (Lipinski definition) is 6. The number of carbonyl (C=O) groups is 1. The van der Waals surface area contributed by atoms with Crippen LogP contribution in [0.1, 0.15) is 37.9 Å². The van der Waals surface area contributed by atoms with Crippen molar-refractivity contribution in [1.29, 1.82) is 0 Å². The van der Waals surface area contributed by atoms with E-state index in [0.717, 1.165) is 59.2 Å². The molecule has 0 spiro atoms. The summed E-state index contributed by atoms with van der Waals surface area (Å²) in [4.78, 5) is 28.0. The number of pyridine rings is 1. The van der Waals surface area contributed by atoms with Gasteiger partial charge in [-0.3, -0.25) is 14.8 Å². The molecule has 1 aromatic carbocycles. The zero-order valence-corrected chi connectivity index (χ0v) is 20.2. The summed E-state index contributed by atoms with van der Waals surface area (Å²) in [5.74, 6) is 1.23. The number of benzene rings is 1. The second kappa shape index (κ2) is 9.58. The molecule has 7 nitrogen and oxygen atoms in total. The highest BCUT2D eigenvalue weighted by Gasteiger charge is 2.33. The van der Waals surface area contributed by atoms with Crippen LogP contribution >= 0.6 is 0 Å². The van der Waals surface area contributed by atoms with Gasteiger partial charge in [-0.25, -0.2) is 0 Å². The van der Waals surface area contributed by atoms with Crippen LogP contribution in [0, 0.1) is 5.92 Å². The highest BCUT2D eigenvalue weighted by molar-refractivity contribution is 6.18. The van der Waals surface area contributed by atoms with Crippen LogP contribution in [-0.4, -0.2) is 56.1 Å². The fourth-order valence-electron chi connectivity index (χ4n) is 4.76. The maximum absolute atomic E-state index is 13.9. The van der Waals surface area contributed by atoms with Crippen LogP contribution in [0.4, 0.5) is 11.4 Å². The number of aromatic nitrogens is 1. The molecule has 1 fully saturated rings. The van der Waals surface area contributed by atoms with Crippen LogP contribution in [0.2, 0.25) is 0 Å². The number of rotatable bonds is 5. The highest BCUT2D eigenvalue weighted by Crippen LogP contribution is 2.35. The van der Waals surface area contributed by atoms with Crippen LogP contribution in [0.5, 0.6) is 5.75 Å². The van der Waals surface area contributed by atoms with E-state index < -0.39 is 0 Å². The van der Waals surface area contributed by atoms with Gasteiger partial charge in [-0.15, -0.1) is 0 Å². The molecule has 3 aliphatic heterocycles. The minimum atomic E-state index is 0.0348. The third-order valence-corrected chi connectivity index (χ3v) is 6.87. The van der Waals surface area contributed by atoms with Gasteiger partial charge in [0.25, 0.3) is 5.91 Å². The number of nitrogens with zero attached hydrogens (tertiary/aromatic N) is 4. The molecule has 0 N–H and O–H groups in total. The fourth-order valence-corrected chi connectivity index (χ4v) is 4.76. The van der Waals surface area contributed by atoms with Gasteiger partial charge in [0.05, 0.1) is 56.2 Å². The molecule has 0 radical (unpaired) electrons. The normalized spacial score (nSPS) is 20.4. The number of methoxy groups -OCH3 is 1. The number of amides is 1. The summed E-state index contributed by atoms with van der Waals surface area (Å²) in [5, 5.41) is 0. The zero-order valence-electron chi connectivity index (χ0n) is 20.2. The van der Waals surface area contributed by atoms with Crippen molar-refractivity contribution in [3.8, 4) is 5.75 Å². The minimum Gasteiger partial charge on any atom is -0.497 e. The first-order chi connectivity index (χ1) is 16.5. The van der Waals surface area contributed by atoms with Gasteiger partial charge < -0.3 is 19.3 Å². The lowest BCUT2D eigenvalue weighted by Crippen LogP contribution is -2.37. The Labute approximate surface area is 201 Å². The Balaban J connectivity index is 1.60. The van der Waals surface area contributed by atoms with Crippen LogP contribution in [0.3, 0.4) is 0 Å². The molecule has 1 amide bonds. The van der Waals surface area contributed by atoms with Crippen molar-refractivity contribution in [2.75, 3.05) is 43.2 Å². The van der Waals surface area contributed by atoms with E-state index in [1.165, 1.54) is 0 Å². The van der Waals surface area contributed by atoms with Crippen molar-refractivity contribution in [3.05, 3.63) is 59.4 Å². The lowest BCUT2D eigenvalue weighted by atomic mass is 10.0. The maximum atomic E-state index is 13.9. The Bertz CT molecular complexity index is 1120. The predicted octanol–water partition coefficient (Wildman–Crippen LogP) is 4.01. The number of aliphatic imine (C=N–C) groups is 1. The van der Waals surface area contributed by atoms with Gasteiger partial charge in [0.15, 0.2) is 0 Å². The summed E-state index contributed by atoms with van der Waals surface area (Å²) in [6.07, 6.45) is 5.32. The number of morpholine rings is 1. The number of anilines is 2. The zero-order chi connectivity index (χ0) is 23.7. The molecule has 5 rings (SSSR count). The van der Waals surface area contributed by atoms with E-state index in [1.54, 1.807) is 7.11 Å². The molecular formula is C27H32N4O3. The average Bonchev–Trinajstić information content (AvgIpc) is 3.16. The molecule has 1 unspecified atom stereocenters. The molecule has 34 heavy (non-hydrogen) atoms. The Hall–Kier alpha value is -3.19. The average molecular weight is 461 g/mol. The van der Waals surface area contributed by atoms with Crippen molar-refractivity contribution in [1.82, 2.24) is 4.98 Å². The van der Waals surface area contributed by atoms with Crippen molar-refractivity contribution < 1.29 is 14.3 Å². The van der Waals surface area contributed by atoms with E-state index in [1.807, 2.05) is 35.4 Å². The van der Waals surface area contributed by atoms with E-state index in [-0.39, 0.29) is 11.9 Å². The van der Waals surface area contributed by atoms with Crippen molar-refractivity contribution in [2.45, 2.75) is 39.3 Å². The van der Waals surface area contributed by atoms with E-state index in [0.29, 0.717) is 32.1 Å². The summed E-state index contributed by atoms with van der Waals surface area (Å²) in [7, 11) is 1.66. The number of carbonyl (C=O) groups excluding carboxylic acids is 1. The first kappa shape index (κ1) is 22.6. The third-order valence-electron chi connectivity index (χ3n) is 6.87. The van der Waals surface area contributed by atoms with Crippen molar-refractivity contribution in [2.24, 2.45) is 10.9 Å². The van der Waals surface area contributed by atoms with Gasteiger partial charge in [-0.05, 0) is 36.1 Å². The van der Waals surface area contributed by atoms with Crippen molar-refractivity contribution >= 4 is 23.0 Å². The molecule has 3 aliphatic rings. The lowest BCUT2D eigenvalue weighted by Gasteiger charge is -2.30. The molecule has 178 valence electrons. The van der Waals surface area contributed by atoms with Crippen LogP contribution < -0.4 is 14.5 Å². The second-order valence-corrected chi connectivity index (χ2v) is 9.43. The Kier molecular flexibility index (Phi) is 6.37. The molecule has 1 saturated heterocycles. The molecule has 1 atom stereocenters. The minimum absolute atomic E-state index is 0.0348. The number of ether oxygens (including phenoxy) is 2. The summed E-state index contributed by atoms with van der Waals surface area (Å²) >= 11 is 0. The molecule has 7 heteroatoms. The van der Waals surface area contributed by atoms with E-state index in [4.69, 9.17) is 19.5 Å². The van der Waals surface area contributed by atoms with E-state index in [2.05, 4.69) is 30.9 Å². The first-order valence-corrected chi connectivity index (χ1v) is 12.1. The molecule has 0 aliphatic carbocycles. The number of hydrogen-bond donors (Lipinski definition) is 0. The monoisotopic (exact) mass is 460 g/mol. The van der Waals surface area contributed by atoms with E-state index >= 15 is 0 Å². The number of fused-ring (bicyclic) bond motifs is 4. The lowest BCUT2D eigenvalue weighted by molar-refractivity contribution is -0.115. The molecular weight excluding hydrogens is 428 g/mol. The SMILES string of the molecule is COc1ccc(CN2C(=O)C3=CCC(C(C)C)N=C(C3)c3ncc(N4CCOCC4)cc32)cc1. The topological polar surface area (TPSA) is 67.3 Å². The van der Waals surface area contributed by atoms with Gasteiger partial charge in [0.2, 0.25) is 0 Å². The largest absolute Gasteiger partial charge is 0.497 e. The van der Waals surface area contributed by atoms with Gasteiger partial charge in [-0.2, -0.15) is 0 Å². The van der Waals surface area contributed by atoms with Gasteiger partial charge in [0.1, 0.15) is 11.4 Å². The predicted molar refractivity (Wildman–Crippen MR) is 134 cm³/mol. The quantitative estimate of drug-likeness (QED) is 0.675. The van der Waals surface area contributed by atoms with Crippen molar-refractivity contribution in [3.63, 3.8) is 0 Å². The van der Waals surface area contributed by atoms with E-state index in [9.17, 15) is 4.79 Å². The summed E-state index contributed by atoms with van der Waals surface area (Å²) in [6, 6.07) is 10.1. The summed E-state index contributed by atoms with van der Waals surface area (Å²) in [5.41, 5.74) is 5.41. The fraction of sp³-hybridized carbons (Fsp3) is 0.444.